The van der Waals surface area contributed by atoms with Crippen molar-refractivity contribution in [3.63, 3.8) is 0 Å². The Morgan fingerprint density at radius 1 is 1.21 bits per heavy atom. The van der Waals surface area contributed by atoms with Crippen molar-refractivity contribution in [3.05, 3.63) is 35.9 Å². The summed E-state index contributed by atoms with van der Waals surface area (Å²) in [6, 6.07) is 9.99. The second-order valence-electron chi connectivity index (χ2n) is 3.23. The molecule has 0 unspecified atom stereocenters. The Morgan fingerprint density at radius 3 is 2.79 bits per heavy atom. The summed E-state index contributed by atoms with van der Waals surface area (Å²) in [7, 11) is 0. The van der Waals surface area contributed by atoms with Gasteiger partial charge >= 0.3 is 0 Å². The maximum atomic E-state index is 11.0. The lowest BCUT2D eigenvalue weighted by Gasteiger charge is -2.02. The van der Waals surface area contributed by atoms with Crippen LogP contribution in [0.2, 0.25) is 0 Å². The first-order valence-corrected chi connectivity index (χ1v) is 4.72. The van der Waals surface area contributed by atoms with E-state index in [0.29, 0.717) is 6.54 Å². The lowest BCUT2D eigenvalue weighted by atomic mass is 10.1. The van der Waals surface area contributed by atoms with Crippen molar-refractivity contribution >= 4 is 11.6 Å². The molecule has 0 atom stereocenters. The molecular formula is C11H12N2O. The van der Waals surface area contributed by atoms with Gasteiger partial charge in [0, 0.05) is 18.7 Å². The average molecular weight is 188 g/mol. The molecule has 0 aliphatic carbocycles. The molecule has 1 aliphatic rings. The summed E-state index contributed by atoms with van der Waals surface area (Å²) in [5.41, 5.74) is 2.13. The molecule has 1 heterocycles. The number of benzene rings is 1. The van der Waals surface area contributed by atoms with Crippen LogP contribution in [0, 0.1) is 0 Å². The first kappa shape index (κ1) is 8.94. The fourth-order valence-electron chi connectivity index (χ4n) is 1.49. The number of nitrogens with zero attached hydrogens (tertiary/aromatic N) is 1. The van der Waals surface area contributed by atoms with Crippen LogP contribution in [0.5, 0.6) is 0 Å². The predicted octanol–water partition coefficient (Wildman–Crippen LogP) is 0.996. The van der Waals surface area contributed by atoms with Crippen LogP contribution in [0.1, 0.15) is 12.0 Å². The largest absolute Gasteiger partial charge is 0.354 e. The van der Waals surface area contributed by atoms with Crippen LogP contribution >= 0.6 is 0 Å². The minimum Gasteiger partial charge on any atom is -0.354 e. The Labute approximate surface area is 82.9 Å². The molecule has 1 aromatic rings. The second kappa shape index (κ2) is 4.05. The fraction of sp³-hybridized carbons (Fsp3) is 0.273. The summed E-state index contributed by atoms with van der Waals surface area (Å²) >= 11 is 0. The van der Waals surface area contributed by atoms with Crippen LogP contribution in [-0.4, -0.2) is 24.7 Å². The van der Waals surface area contributed by atoms with Gasteiger partial charge in [0.15, 0.2) is 0 Å². The standard InChI is InChI=1S/C11H12N2O/c14-11-8-13-10(6-7-12-11)9-4-2-1-3-5-9/h1-5H,6-8H2,(H,12,14). The van der Waals surface area contributed by atoms with Crippen LogP contribution in [0.25, 0.3) is 0 Å². The Morgan fingerprint density at radius 2 is 2.00 bits per heavy atom. The quantitative estimate of drug-likeness (QED) is 0.701. The number of aliphatic imine (C=N–C) groups is 1. The van der Waals surface area contributed by atoms with Crippen molar-refractivity contribution in [1.29, 1.82) is 0 Å². The Balaban J connectivity index is 2.22. The Bertz CT molecular complexity index is 357. The molecule has 0 spiro atoms. The number of hydrogen-bond donors (Lipinski definition) is 1. The molecule has 14 heavy (non-hydrogen) atoms. The number of rotatable bonds is 1. The van der Waals surface area contributed by atoms with Gasteiger partial charge in [-0.1, -0.05) is 30.3 Å². The summed E-state index contributed by atoms with van der Waals surface area (Å²) in [6.07, 6.45) is 0.815. The third-order valence-corrected chi connectivity index (χ3v) is 2.20. The van der Waals surface area contributed by atoms with Gasteiger partial charge in [0.2, 0.25) is 5.91 Å². The maximum Gasteiger partial charge on any atom is 0.241 e. The van der Waals surface area contributed by atoms with E-state index in [0.717, 1.165) is 17.7 Å². The molecule has 0 saturated heterocycles. The lowest BCUT2D eigenvalue weighted by molar-refractivity contribution is -0.119. The van der Waals surface area contributed by atoms with Crippen molar-refractivity contribution in [2.75, 3.05) is 13.1 Å². The van der Waals surface area contributed by atoms with Crippen LogP contribution in [-0.2, 0) is 4.79 Å². The predicted molar refractivity (Wildman–Crippen MR) is 55.5 cm³/mol. The number of nitrogens with one attached hydrogen (secondary N) is 1. The van der Waals surface area contributed by atoms with Crippen LogP contribution < -0.4 is 5.32 Å². The van der Waals surface area contributed by atoms with Gasteiger partial charge < -0.3 is 5.32 Å². The van der Waals surface area contributed by atoms with Crippen molar-refractivity contribution in [2.45, 2.75) is 6.42 Å². The molecule has 1 aliphatic heterocycles. The molecular weight excluding hydrogens is 176 g/mol. The third-order valence-electron chi connectivity index (χ3n) is 2.20. The van der Waals surface area contributed by atoms with E-state index < -0.39 is 0 Å². The highest BCUT2D eigenvalue weighted by atomic mass is 16.1. The van der Waals surface area contributed by atoms with Crippen molar-refractivity contribution in [1.82, 2.24) is 5.32 Å². The minimum absolute atomic E-state index is 0.0101. The average Bonchev–Trinajstić information content (AvgIpc) is 2.44. The molecule has 1 aromatic carbocycles. The molecule has 2 rings (SSSR count). The Kier molecular flexibility index (Phi) is 2.58. The van der Waals surface area contributed by atoms with Gasteiger partial charge in [-0.3, -0.25) is 9.79 Å². The highest BCUT2D eigenvalue weighted by molar-refractivity contribution is 6.02. The first-order valence-electron chi connectivity index (χ1n) is 4.72. The van der Waals surface area contributed by atoms with E-state index in [-0.39, 0.29) is 12.5 Å². The second-order valence-corrected chi connectivity index (χ2v) is 3.23. The minimum atomic E-state index is 0.0101. The van der Waals surface area contributed by atoms with Gasteiger partial charge in [0.25, 0.3) is 0 Å². The highest BCUT2D eigenvalue weighted by Crippen LogP contribution is 2.05. The summed E-state index contributed by atoms with van der Waals surface area (Å²) in [4.78, 5) is 15.3. The monoisotopic (exact) mass is 188 g/mol. The van der Waals surface area contributed by atoms with Crippen LogP contribution in [0.3, 0.4) is 0 Å². The van der Waals surface area contributed by atoms with Crippen molar-refractivity contribution < 1.29 is 4.79 Å². The fourth-order valence-corrected chi connectivity index (χ4v) is 1.49. The zero-order valence-corrected chi connectivity index (χ0v) is 7.86. The molecule has 0 bridgehead atoms. The van der Waals surface area contributed by atoms with E-state index >= 15 is 0 Å². The van der Waals surface area contributed by atoms with E-state index in [1.165, 1.54) is 0 Å². The zero-order chi connectivity index (χ0) is 9.80. The molecule has 3 heteroatoms. The molecule has 1 amide bonds. The van der Waals surface area contributed by atoms with E-state index in [4.69, 9.17) is 0 Å². The molecule has 72 valence electrons. The number of hydrogen-bond acceptors (Lipinski definition) is 2. The van der Waals surface area contributed by atoms with Gasteiger partial charge in [-0.25, -0.2) is 0 Å². The SMILES string of the molecule is O=C1CN=C(c2ccccc2)CCN1. The van der Waals surface area contributed by atoms with Gasteiger partial charge in [0.1, 0.15) is 6.54 Å². The van der Waals surface area contributed by atoms with E-state index in [9.17, 15) is 4.79 Å². The topological polar surface area (TPSA) is 41.5 Å². The third kappa shape index (κ3) is 1.99. The normalized spacial score (nSPS) is 16.9. The summed E-state index contributed by atoms with van der Waals surface area (Å²) in [5.74, 6) is 0.0101. The summed E-state index contributed by atoms with van der Waals surface area (Å²) < 4.78 is 0. The molecule has 1 N–H and O–H groups in total. The van der Waals surface area contributed by atoms with E-state index in [1.54, 1.807) is 0 Å². The molecule has 0 fully saturated rings. The number of carbonyl (C=O) groups is 1. The molecule has 0 aromatic heterocycles. The van der Waals surface area contributed by atoms with Gasteiger partial charge in [-0.2, -0.15) is 0 Å². The zero-order valence-electron chi connectivity index (χ0n) is 7.86. The smallest absolute Gasteiger partial charge is 0.241 e. The number of carbonyl (C=O) groups excluding carboxylic acids is 1. The van der Waals surface area contributed by atoms with Crippen LogP contribution in [0.4, 0.5) is 0 Å². The van der Waals surface area contributed by atoms with Crippen LogP contribution in [0.15, 0.2) is 35.3 Å². The highest BCUT2D eigenvalue weighted by Gasteiger charge is 2.09. The first-order chi connectivity index (χ1) is 6.86. The van der Waals surface area contributed by atoms with Gasteiger partial charge in [0.05, 0.1) is 0 Å². The maximum absolute atomic E-state index is 11.0. The summed E-state index contributed by atoms with van der Waals surface area (Å²) in [6.45, 7) is 0.941. The van der Waals surface area contributed by atoms with Crippen molar-refractivity contribution in [2.24, 2.45) is 4.99 Å². The number of amides is 1. The molecule has 0 saturated carbocycles. The van der Waals surface area contributed by atoms with E-state index in [2.05, 4.69) is 10.3 Å². The molecule has 0 radical (unpaired) electrons. The van der Waals surface area contributed by atoms with Crippen molar-refractivity contribution in [3.8, 4) is 0 Å². The molecule has 3 nitrogen and oxygen atoms in total. The van der Waals surface area contributed by atoms with Gasteiger partial charge in [-0.05, 0) is 5.56 Å². The van der Waals surface area contributed by atoms with E-state index in [1.807, 2.05) is 30.3 Å². The Hall–Kier alpha value is -1.64. The summed E-state index contributed by atoms with van der Waals surface area (Å²) in [5, 5.41) is 2.79. The lowest BCUT2D eigenvalue weighted by Crippen LogP contribution is -2.24. The van der Waals surface area contributed by atoms with Gasteiger partial charge in [-0.15, -0.1) is 0 Å².